The molecule has 0 saturated heterocycles. The van der Waals surface area contributed by atoms with Crippen LogP contribution in [-0.2, 0) is 0 Å². The maximum atomic E-state index is 11.9. The fourth-order valence-electron chi connectivity index (χ4n) is 1.73. The standard InChI is InChI=1S/C13H22N2OS/c1-5-8(2)6-9(3)15-13(16)12-7-11(14)10(4)17-12/h7-9H,5-6,14H2,1-4H3,(H,15,16). The van der Waals surface area contributed by atoms with Crippen molar-refractivity contribution in [2.75, 3.05) is 5.73 Å². The Balaban J connectivity index is 2.54. The summed E-state index contributed by atoms with van der Waals surface area (Å²) in [6.45, 7) is 8.35. The number of thiophene rings is 1. The molecule has 1 aromatic rings. The van der Waals surface area contributed by atoms with Gasteiger partial charge < -0.3 is 11.1 Å². The second kappa shape index (κ2) is 6.05. The lowest BCUT2D eigenvalue weighted by atomic mass is 10.0. The normalized spacial score (nSPS) is 14.4. The van der Waals surface area contributed by atoms with E-state index in [9.17, 15) is 4.79 Å². The smallest absolute Gasteiger partial charge is 0.261 e. The number of carbonyl (C=O) groups excluding carboxylic acids is 1. The van der Waals surface area contributed by atoms with Crippen molar-refractivity contribution in [1.29, 1.82) is 0 Å². The van der Waals surface area contributed by atoms with Crippen LogP contribution < -0.4 is 11.1 Å². The summed E-state index contributed by atoms with van der Waals surface area (Å²) in [6, 6.07) is 1.96. The average Bonchev–Trinajstić information content (AvgIpc) is 2.59. The molecular formula is C13H22N2OS. The van der Waals surface area contributed by atoms with Crippen molar-refractivity contribution in [2.24, 2.45) is 5.92 Å². The van der Waals surface area contributed by atoms with Gasteiger partial charge in [0.15, 0.2) is 0 Å². The molecule has 96 valence electrons. The van der Waals surface area contributed by atoms with E-state index in [0.717, 1.165) is 17.7 Å². The topological polar surface area (TPSA) is 55.1 Å². The molecule has 0 spiro atoms. The van der Waals surface area contributed by atoms with Gasteiger partial charge in [-0.3, -0.25) is 4.79 Å². The molecule has 0 aliphatic heterocycles. The lowest BCUT2D eigenvalue weighted by Crippen LogP contribution is -2.33. The zero-order valence-electron chi connectivity index (χ0n) is 11.0. The monoisotopic (exact) mass is 254 g/mol. The Labute approximate surface area is 107 Å². The zero-order chi connectivity index (χ0) is 13.0. The van der Waals surface area contributed by atoms with E-state index in [1.165, 1.54) is 11.3 Å². The number of amides is 1. The second-order valence-corrected chi connectivity index (χ2v) is 6.00. The van der Waals surface area contributed by atoms with E-state index in [0.29, 0.717) is 16.5 Å². The first-order valence-electron chi connectivity index (χ1n) is 6.10. The second-order valence-electron chi connectivity index (χ2n) is 4.75. The van der Waals surface area contributed by atoms with Crippen molar-refractivity contribution < 1.29 is 4.79 Å². The predicted molar refractivity (Wildman–Crippen MR) is 74.5 cm³/mol. The van der Waals surface area contributed by atoms with Gasteiger partial charge in [-0.2, -0.15) is 0 Å². The first-order chi connectivity index (χ1) is 7.93. The first kappa shape index (κ1) is 14.0. The third-order valence-corrected chi connectivity index (χ3v) is 4.08. The molecule has 3 N–H and O–H groups in total. The number of nitrogens with one attached hydrogen (secondary N) is 1. The summed E-state index contributed by atoms with van der Waals surface area (Å²) in [5.41, 5.74) is 6.45. The summed E-state index contributed by atoms with van der Waals surface area (Å²) < 4.78 is 0. The molecule has 0 aliphatic carbocycles. The Morgan fingerprint density at radius 2 is 2.18 bits per heavy atom. The Kier molecular flexibility index (Phi) is 5.00. The van der Waals surface area contributed by atoms with Gasteiger partial charge >= 0.3 is 0 Å². The first-order valence-corrected chi connectivity index (χ1v) is 6.92. The van der Waals surface area contributed by atoms with Crippen LogP contribution in [0.25, 0.3) is 0 Å². The number of aryl methyl sites for hydroxylation is 1. The number of hydrogen-bond acceptors (Lipinski definition) is 3. The third-order valence-electron chi connectivity index (χ3n) is 3.01. The third kappa shape index (κ3) is 4.04. The Bertz CT molecular complexity index is 367. The maximum Gasteiger partial charge on any atom is 0.261 e. The Morgan fingerprint density at radius 1 is 1.53 bits per heavy atom. The van der Waals surface area contributed by atoms with Crippen molar-refractivity contribution in [3.63, 3.8) is 0 Å². The van der Waals surface area contributed by atoms with Crippen molar-refractivity contribution in [3.05, 3.63) is 15.8 Å². The van der Waals surface area contributed by atoms with E-state index in [-0.39, 0.29) is 11.9 Å². The quantitative estimate of drug-likeness (QED) is 0.848. The molecule has 1 heterocycles. The fourth-order valence-corrected chi connectivity index (χ4v) is 2.58. The maximum absolute atomic E-state index is 11.9. The minimum Gasteiger partial charge on any atom is -0.398 e. The van der Waals surface area contributed by atoms with Crippen LogP contribution in [0, 0.1) is 12.8 Å². The van der Waals surface area contributed by atoms with E-state index >= 15 is 0 Å². The molecule has 0 radical (unpaired) electrons. The van der Waals surface area contributed by atoms with Gasteiger partial charge in [0.05, 0.1) is 4.88 Å². The summed E-state index contributed by atoms with van der Waals surface area (Å²) in [5, 5.41) is 3.02. The molecule has 1 aromatic heterocycles. The lowest BCUT2D eigenvalue weighted by molar-refractivity contribution is 0.0939. The van der Waals surface area contributed by atoms with Gasteiger partial charge in [0, 0.05) is 16.6 Å². The van der Waals surface area contributed by atoms with Crippen LogP contribution in [0.4, 0.5) is 5.69 Å². The summed E-state index contributed by atoms with van der Waals surface area (Å²) in [6.07, 6.45) is 2.16. The van der Waals surface area contributed by atoms with E-state index in [4.69, 9.17) is 5.73 Å². The van der Waals surface area contributed by atoms with Gasteiger partial charge in [0.25, 0.3) is 5.91 Å². The highest BCUT2D eigenvalue weighted by atomic mass is 32.1. The molecule has 1 rings (SSSR count). The van der Waals surface area contributed by atoms with E-state index < -0.39 is 0 Å². The van der Waals surface area contributed by atoms with Crippen LogP contribution in [0.15, 0.2) is 6.07 Å². The molecule has 0 fully saturated rings. The molecule has 0 saturated carbocycles. The fraction of sp³-hybridized carbons (Fsp3) is 0.615. The SMILES string of the molecule is CCC(C)CC(C)NC(=O)c1cc(N)c(C)s1. The highest BCUT2D eigenvalue weighted by molar-refractivity contribution is 7.14. The molecule has 2 atom stereocenters. The number of anilines is 1. The van der Waals surface area contributed by atoms with Gasteiger partial charge in [0.1, 0.15) is 0 Å². The molecule has 0 aromatic carbocycles. The van der Waals surface area contributed by atoms with Crippen molar-refractivity contribution in [2.45, 2.75) is 46.6 Å². The Morgan fingerprint density at radius 3 is 2.65 bits per heavy atom. The highest BCUT2D eigenvalue weighted by Gasteiger charge is 2.14. The molecular weight excluding hydrogens is 232 g/mol. The molecule has 4 heteroatoms. The summed E-state index contributed by atoms with van der Waals surface area (Å²) in [7, 11) is 0. The predicted octanol–water partition coefficient (Wildman–Crippen LogP) is 3.19. The molecule has 2 unspecified atom stereocenters. The van der Waals surface area contributed by atoms with Crippen LogP contribution in [0.1, 0.15) is 48.2 Å². The van der Waals surface area contributed by atoms with Crippen molar-refractivity contribution >= 4 is 22.9 Å². The molecule has 0 aliphatic rings. The highest BCUT2D eigenvalue weighted by Crippen LogP contribution is 2.23. The van der Waals surface area contributed by atoms with Gasteiger partial charge in [-0.15, -0.1) is 11.3 Å². The molecule has 17 heavy (non-hydrogen) atoms. The summed E-state index contributed by atoms with van der Waals surface area (Å²) in [4.78, 5) is 13.6. The van der Waals surface area contributed by atoms with Crippen LogP contribution in [0.5, 0.6) is 0 Å². The number of carbonyl (C=O) groups is 1. The van der Waals surface area contributed by atoms with Crippen LogP contribution in [-0.4, -0.2) is 11.9 Å². The molecule has 1 amide bonds. The number of nitrogen functional groups attached to an aromatic ring is 1. The number of rotatable bonds is 5. The largest absolute Gasteiger partial charge is 0.398 e. The van der Waals surface area contributed by atoms with E-state index in [1.807, 2.05) is 13.8 Å². The number of nitrogens with two attached hydrogens (primary N) is 1. The Hall–Kier alpha value is -1.03. The van der Waals surface area contributed by atoms with Gasteiger partial charge in [-0.1, -0.05) is 20.3 Å². The summed E-state index contributed by atoms with van der Waals surface area (Å²) >= 11 is 1.45. The van der Waals surface area contributed by atoms with Crippen LogP contribution >= 0.6 is 11.3 Å². The minimum atomic E-state index is -0.00870. The van der Waals surface area contributed by atoms with E-state index in [1.54, 1.807) is 6.07 Å². The van der Waals surface area contributed by atoms with Crippen molar-refractivity contribution in [3.8, 4) is 0 Å². The van der Waals surface area contributed by atoms with Gasteiger partial charge in [-0.25, -0.2) is 0 Å². The number of hydrogen-bond donors (Lipinski definition) is 2. The molecule has 0 bridgehead atoms. The minimum absolute atomic E-state index is 0.00870. The zero-order valence-corrected chi connectivity index (χ0v) is 11.9. The van der Waals surface area contributed by atoms with Crippen LogP contribution in [0.3, 0.4) is 0 Å². The van der Waals surface area contributed by atoms with Crippen LogP contribution in [0.2, 0.25) is 0 Å². The van der Waals surface area contributed by atoms with Crippen molar-refractivity contribution in [1.82, 2.24) is 5.32 Å². The van der Waals surface area contributed by atoms with E-state index in [2.05, 4.69) is 19.2 Å². The lowest BCUT2D eigenvalue weighted by Gasteiger charge is -2.16. The van der Waals surface area contributed by atoms with Gasteiger partial charge in [0.2, 0.25) is 0 Å². The summed E-state index contributed by atoms with van der Waals surface area (Å²) in [5.74, 6) is 0.631. The average molecular weight is 254 g/mol. The van der Waals surface area contributed by atoms with Gasteiger partial charge in [-0.05, 0) is 32.3 Å². The molecule has 3 nitrogen and oxygen atoms in total.